The molecule has 1 aromatic carbocycles. The molecule has 0 aliphatic carbocycles. The molecule has 1 aliphatic heterocycles. The first-order valence-corrected chi connectivity index (χ1v) is 11.4. The maximum Gasteiger partial charge on any atom is 0.190 e. The van der Waals surface area contributed by atoms with E-state index in [4.69, 9.17) is 4.74 Å². The Morgan fingerprint density at radius 2 is 1.79 bits per heavy atom. The molecule has 0 aromatic heterocycles. The van der Waals surface area contributed by atoms with Crippen LogP contribution in [0.25, 0.3) is 0 Å². The van der Waals surface area contributed by atoms with Crippen LogP contribution in [0, 0.1) is 12.8 Å². The highest BCUT2D eigenvalue weighted by molar-refractivity contribution is 5.79. The van der Waals surface area contributed by atoms with Crippen LogP contribution >= 0.6 is 0 Å². The van der Waals surface area contributed by atoms with Crippen molar-refractivity contribution in [2.75, 3.05) is 47.4 Å². The summed E-state index contributed by atoms with van der Waals surface area (Å²) in [5.74, 6) is 1.38. The highest BCUT2D eigenvalue weighted by Gasteiger charge is 2.27. The quantitative estimate of drug-likeness (QED) is 0.332. The van der Waals surface area contributed by atoms with Crippen molar-refractivity contribution in [2.45, 2.75) is 58.0 Å². The summed E-state index contributed by atoms with van der Waals surface area (Å²) in [5, 5.41) is 7.00. The van der Waals surface area contributed by atoms with Crippen LogP contribution in [0.4, 0.5) is 0 Å². The summed E-state index contributed by atoms with van der Waals surface area (Å²) < 4.78 is 6.14. The van der Waals surface area contributed by atoms with Crippen molar-refractivity contribution in [1.29, 1.82) is 0 Å². The van der Waals surface area contributed by atoms with E-state index >= 15 is 0 Å². The van der Waals surface area contributed by atoms with Gasteiger partial charge in [0.15, 0.2) is 5.96 Å². The minimum absolute atomic E-state index is 0.178. The van der Waals surface area contributed by atoms with Crippen LogP contribution in [-0.2, 0) is 4.74 Å². The van der Waals surface area contributed by atoms with E-state index in [1.807, 2.05) is 7.05 Å². The zero-order chi connectivity index (χ0) is 20.9. The van der Waals surface area contributed by atoms with Crippen molar-refractivity contribution >= 4 is 5.96 Å². The van der Waals surface area contributed by atoms with Gasteiger partial charge < -0.3 is 20.3 Å². The second kappa shape index (κ2) is 13.6. The van der Waals surface area contributed by atoms with Crippen LogP contribution in [0.3, 0.4) is 0 Å². The number of hydrogen-bond donors (Lipinski definition) is 2. The van der Waals surface area contributed by atoms with Gasteiger partial charge in [-0.2, -0.15) is 0 Å². The molecule has 0 saturated carbocycles. The van der Waals surface area contributed by atoms with Gasteiger partial charge in [-0.15, -0.1) is 0 Å². The van der Waals surface area contributed by atoms with Gasteiger partial charge in [-0.1, -0.05) is 49.1 Å². The Morgan fingerprint density at radius 1 is 1.07 bits per heavy atom. The minimum Gasteiger partial charge on any atom is -0.373 e. The number of nitrogens with zero attached hydrogens (tertiary/aromatic N) is 2. The van der Waals surface area contributed by atoms with Gasteiger partial charge in [-0.25, -0.2) is 0 Å². The second-order valence-electron chi connectivity index (χ2n) is 8.56. The van der Waals surface area contributed by atoms with Gasteiger partial charge in [0.2, 0.25) is 0 Å². The van der Waals surface area contributed by atoms with E-state index in [-0.39, 0.29) is 6.10 Å². The number of ether oxygens (including phenoxy) is 1. The number of unbranched alkanes of at least 4 members (excludes halogenated alkanes) is 4. The van der Waals surface area contributed by atoms with Crippen molar-refractivity contribution in [1.82, 2.24) is 15.5 Å². The van der Waals surface area contributed by atoms with Crippen LogP contribution in [0.5, 0.6) is 0 Å². The van der Waals surface area contributed by atoms with Crippen LogP contribution in [0.15, 0.2) is 29.3 Å². The lowest BCUT2D eigenvalue weighted by Crippen LogP contribution is -2.42. The van der Waals surface area contributed by atoms with E-state index in [0.717, 1.165) is 32.1 Å². The first-order valence-electron chi connectivity index (χ1n) is 11.4. The Bertz CT molecular complexity index is 585. The number of aryl methyl sites for hydroxylation is 1. The molecule has 2 atom stereocenters. The molecular weight excluding hydrogens is 360 g/mol. The van der Waals surface area contributed by atoms with E-state index < -0.39 is 0 Å². The summed E-state index contributed by atoms with van der Waals surface area (Å²) in [6, 6.07) is 8.78. The van der Waals surface area contributed by atoms with E-state index in [9.17, 15) is 0 Å². The van der Waals surface area contributed by atoms with Crippen molar-refractivity contribution in [3.8, 4) is 0 Å². The lowest BCUT2D eigenvalue weighted by molar-refractivity contribution is -0.0265. The molecule has 0 bridgehead atoms. The molecule has 1 heterocycles. The topological polar surface area (TPSA) is 48.9 Å². The van der Waals surface area contributed by atoms with Crippen LogP contribution in [0.1, 0.15) is 62.2 Å². The van der Waals surface area contributed by atoms with Crippen molar-refractivity contribution in [3.05, 3.63) is 35.4 Å². The number of benzene rings is 1. The van der Waals surface area contributed by atoms with Gasteiger partial charge in [0.25, 0.3) is 0 Å². The monoisotopic (exact) mass is 402 g/mol. The number of nitrogens with one attached hydrogen (secondary N) is 2. The summed E-state index contributed by atoms with van der Waals surface area (Å²) in [5.41, 5.74) is 2.58. The van der Waals surface area contributed by atoms with Gasteiger partial charge >= 0.3 is 0 Å². The van der Waals surface area contributed by atoms with E-state index in [2.05, 4.69) is 65.8 Å². The molecule has 0 spiro atoms. The predicted molar refractivity (Wildman–Crippen MR) is 124 cm³/mol. The van der Waals surface area contributed by atoms with Crippen LogP contribution in [0.2, 0.25) is 0 Å². The first-order chi connectivity index (χ1) is 14.1. The highest BCUT2D eigenvalue weighted by Crippen LogP contribution is 2.33. The van der Waals surface area contributed by atoms with Crippen molar-refractivity contribution < 1.29 is 4.74 Å². The second-order valence-corrected chi connectivity index (χ2v) is 8.56. The molecule has 164 valence electrons. The number of rotatable bonds is 11. The Balaban J connectivity index is 1.67. The number of aliphatic imine (C=N–C) groups is 1. The van der Waals surface area contributed by atoms with E-state index in [0.29, 0.717) is 5.92 Å². The van der Waals surface area contributed by atoms with Gasteiger partial charge in [0, 0.05) is 32.7 Å². The van der Waals surface area contributed by atoms with Gasteiger partial charge in [0.05, 0.1) is 6.10 Å². The van der Waals surface area contributed by atoms with Crippen LogP contribution in [-0.4, -0.2) is 58.2 Å². The maximum absolute atomic E-state index is 6.14. The molecule has 1 aromatic rings. The van der Waals surface area contributed by atoms with E-state index in [1.165, 1.54) is 56.2 Å². The Morgan fingerprint density at radius 3 is 2.52 bits per heavy atom. The number of hydrogen-bond acceptors (Lipinski definition) is 3. The Labute approximate surface area is 178 Å². The molecule has 1 fully saturated rings. The average Bonchev–Trinajstić information content (AvgIpc) is 2.73. The third kappa shape index (κ3) is 9.18. The lowest BCUT2D eigenvalue weighted by atomic mass is 9.89. The largest absolute Gasteiger partial charge is 0.373 e. The molecule has 0 radical (unpaired) electrons. The molecular formula is C24H42N4O. The predicted octanol–water partition coefficient (Wildman–Crippen LogP) is 4.14. The fourth-order valence-electron chi connectivity index (χ4n) is 3.92. The SMILES string of the molecule is CN=C(NCCCCCCCN(C)C)NCC1CCCOC1c1ccc(C)cc1. The molecule has 5 nitrogen and oxygen atoms in total. The number of guanidine groups is 1. The van der Waals surface area contributed by atoms with Crippen molar-refractivity contribution in [2.24, 2.45) is 10.9 Å². The summed E-state index contributed by atoms with van der Waals surface area (Å²) in [6.45, 7) is 6.06. The Hall–Kier alpha value is -1.59. The smallest absolute Gasteiger partial charge is 0.190 e. The summed E-state index contributed by atoms with van der Waals surface area (Å²) in [7, 11) is 6.14. The zero-order valence-corrected chi connectivity index (χ0v) is 19.0. The average molecular weight is 403 g/mol. The fraction of sp³-hybridized carbons (Fsp3) is 0.708. The first kappa shape index (κ1) is 23.7. The highest BCUT2D eigenvalue weighted by atomic mass is 16.5. The molecule has 29 heavy (non-hydrogen) atoms. The lowest BCUT2D eigenvalue weighted by Gasteiger charge is -2.32. The van der Waals surface area contributed by atoms with Crippen molar-refractivity contribution in [3.63, 3.8) is 0 Å². The minimum atomic E-state index is 0.178. The molecule has 1 saturated heterocycles. The Kier molecular flexibility index (Phi) is 11.1. The normalized spacial score (nSPS) is 20.1. The molecule has 5 heteroatoms. The summed E-state index contributed by atoms with van der Waals surface area (Å²) in [4.78, 5) is 6.66. The molecule has 0 amide bonds. The third-order valence-electron chi connectivity index (χ3n) is 5.68. The molecule has 2 rings (SSSR count). The summed E-state index contributed by atoms with van der Waals surface area (Å²) >= 11 is 0. The molecule has 2 N–H and O–H groups in total. The van der Waals surface area contributed by atoms with Gasteiger partial charge in [-0.05, 0) is 58.8 Å². The maximum atomic E-state index is 6.14. The fourth-order valence-corrected chi connectivity index (χ4v) is 3.92. The molecule has 1 aliphatic rings. The molecule has 2 unspecified atom stereocenters. The van der Waals surface area contributed by atoms with E-state index in [1.54, 1.807) is 0 Å². The standard InChI is InChI=1S/C24H42N4O/c1-20-12-14-21(15-13-20)23-22(11-10-18-29-23)19-27-24(25-2)26-16-8-6-5-7-9-17-28(3)4/h12-15,22-23H,5-11,16-19H2,1-4H3,(H2,25,26,27). The van der Waals surface area contributed by atoms with Gasteiger partial charge in [-0.3, -0.25) is 4.99 Å². The summed E-state index contributed by atoms with van der Waals surface area (Å²) in [6.07, 6.45) is 8.92. The zero-order valence-electron chi connectivity index (χ0n) is 19.0. The third-order valence-corrected chi connectivity index (χ3v) is 5.68. The van der Waals surface area contributed by atoms with Crippen LogP contribution < -0.4 is 10.6 Å². The van der Waals surface area contributed by atoms with Gasteiger partial charge in [0.1, 0.15) is 0 Å².